The van der Waals surface area contributed by atoms with Crippen molar-refractivity contribution in [3.8, 4) is 0 Å². The van der Waals surface area contributed by atoms with Gasteiger partial charge in [0.05, 0.1) is 0 Å². The molecule has 2 heterocycles. The lowest BCUT2D eigenvalue weighted by atomic mass is 9.94. The van der Waals surface area contributed by atoms with Crippen LogP contribution < -0.4 is 0 Å². The van der Waals surface area contributed by atoms with E-state index in [9.17, 15) is 0 Å². The molecule has 2 unspecified atom stereocenters. The van der Waals surface area contributed by atoms with Crippen LogP contribution in [-0.4, -0.2) is 48.1 Å². The summed E-state index contributed by atoms with van der Waals surface area (Å²) in [7, 11) is 0. The van der Waals surface area contributed by atoms with E-state index in [1.165, 1.54) is 51.9 Å². The lowest BCUT2D eigenvalue weighted by Crippen LogP contribution is -2.57. The summed E-state index contributed by atoms with van der Waals surface area (Å²) in [5, 5.41) is 0. The molecule has 2 aliphatic heterocycles. The second-order valence-electron chi connectivity index (χ2n) is 5.90. The smallest absolute Gasteiger partial charge is 0.0223 e. The van der Waals surface area contributed by atoms with Gasteiger partial charge in [-0.3, -0.25) is 9.80 Å². The summed E-state index contributed by atoms with van der Waals surface area (Å²) in [6, 6.07) is 1.68. The van der Waals surface area contributed by atoms with Crippen LogP contribution in [0.25, 0.3) is 0 Å². The van der Waals surface area contributed by atoms with Crippen LogP contribution in [0.5, 0.6) is 0 Å². The number of nitrogens with zero attached hydrogens (tertiary/aromatic N) is 2. The fourth-order valence-electron chi connectivity index (χ4n) is 3.63. The second kappa shape index (κ2) is 5.50. The minimum absolute atomic E-state index is 0.806. The highest BCUT2D eigenvalue weighted by molar-refractivity contribution is 4.88. The first-order valence-corrected chi connectivity index (χ1v) is 7.20. The standard InChI is InChI=1S/C14H28N2/c1-4-14(12(2)3)16-10-9-15-8-6-5-7-13(15)11-16/h12-14H,4-11H2,1-3H3. The fourth-order valence-corrected chi connectivity index (χ4v) is 3.63. The van der Waals surface area contributed by atoms with Gasteiger partial charge < -0.3 is 0 Å². The first kappa shape index (κ1) is 12.4. The third-order valence-electron chi connectivity index (χ3n) is 4.53. The summed E-state index contributed by atoms with van der Waals surface area (Å²) in [4.78, 5) is 5.49. The molecule has 0 radical (unpaired) electrons. The fraction of sp³-hybridized carbons (Fsp3) is 1.00. The van der Waals surface area contributed by atoms with E-state index >= 15 is 0 Å². The average Bonchev–Trinajstić information content (AvgIpc) is 2.29. The molecule has 2 aliphatic rings. The molecule has 0 saturated carbocycles. The van der Waals surface area contributed by atoms with Crippen molar-refractivity contribution >= 4 is 0 Å². The molecule has 16 heavy (non-hydrogen) atoms. The van der Waals surface area contributed by atoms with Gasteiger partial charge in [-0.05, 0) is 31.7 Å². The maximum Gasteiger partial charge on any atom is 0.0223 e. The summed E-state index contributed by atoms with van der Waals surface area (Å²) in [6.45, 7) is 12.4. The number of piperidine rings is 1. The first-order valence-electron chi connectivity index (χ1n) is 7.20. The predicted octanol–water partition coefficient (Wildman–Crippen LogP) is 2.59. The molecule has 0 aliphatic carbocycles. The van der Waals surface area contributed by atoms with Crippen LogP contribution in [0.4, 0.5) is 0 Å². The highest BCUT2D eigenvalue weighted by atomic mass is 15.3. The normalized spacial score (nSPS) is 30.4. The van der Waals surface area contributed by atoms with Crippen LogP contribution in [0.1, 0.15) is 46.5 Å². The quantitative estimate of drug-likeness (QED) is 0.727. The van der Waals surface area contributed by atoms with E-state index < -0.39 is 0 Å². The lowest BCUT2D eigenvalue weighted by molar-refractivity contribution is 0.0152. The van der Waals surface area contributed by atoms with E-state index in [1.54, 1.807) is 0 Å². The Balaban J connectivity index is 1.93. The molecule has 0 spiro atoms. The van der Waals surface area contributed by atoms with Gasteiger partial charge in [-0.25, -0.2) is 0 Å². The Bertz CT molecular complexity index is 215. The Morgan fingerprint density at radius 1 is 1.12 bits per heavy atom. The van der Waals surface area contributed by atoms with Gasteiger partial charge in [0.2, 0.25) is 0 Å². The van der Waals surface area contributed by atoms with Gasteiger partial charge in [0.25, 0.3) is 0 Å². The monoisotopic (exact) mass is 224 g/mol. The Morgan fingerprint density at radius 2 is 1.94 bits per heavy atom. The van der Waals surface area contributed by atoms with Crippen molar-refractivity contribution in [2.24, 2.45) is 5.92 Å². The maximum absolute atomic E-state index is 2.76. The summed E-state index contributed by atoms with van der Waals surface area (Å²) in [5.74, 6) is 0.806. The van der Waals surface area contributed by atoms with Gasteiger partial charge in [0, 0.05) is 31.7 Å². The molecular weight excluding hydrogens is 196 g/mol. The van der Waals surface area contributed by atoms with Gasteiger partial charge in [0.1, 0.15) is 0 Å². The van der Waals surface area contributed by atoms with Crippen molar-refractivity contribution in [3.05, 3.63) is 0 Å². The van der Waals surface area contributed by atoms with E-state index in [1.807, 2.05) is 0 Å². The van der Waals surface area contributed by atoms with Crippen molar-refractivity contribution in [1.29, 1.82) is 0 Å². The molecular formula is C14H28N2. The molecule has 94 valence electrons. The maximum atomic E-state index is 2.76. The van der Waals surface area contributed by atoms with Crippen LogP contribution >= 0.6 is 0 Å². The van der Waals surface area contributed by atoms with Crippen molar-refractivity contribution < 1.29 is 0 Å². The molecule has 2 nitrogen and oxygen atoms in total. The summed E-state index contributed by atoms with van der Waals surface area (Å²) < 4.78 is 0. The highest BCUT2D eigenvalue weighted by Crippen LogP contribution is 2.24. The van der Waals surface area contributed by atoms with Crippen molar-refractivity contribution in [3.63, 3.8) is 0 Å². The zero-order chi connectivity index (χ0) is 11.5. The summed E-state index contributed by atoms with van der Waals surface area (Å²) >= 11 is 0. The van der Waals surface area contributed by atoms with Gasteiger partial charge in [0.15, 0.2) is 0 Å². The Hall–Kier alpha value is -0.0800. The number of piperazine rings is 1. The molecule has 2 atom stereocenters. The van der Waals surface area contributed by atoms with E-state index in [2.05, 4.69) is 30.6 Å². The Kier molecular flexibility index (Phi) is 4.26. The van der Waals surface area contributed by atoms with Gasteiger partial charge >= 0.3 is 0 Å². The number of rotatable bonds is 3. The summed E-state index contributed by atoms with van der Waals surface area (Å²) in [5.41, 5.74) is 0. The molecule has 0 aromatic carbocycles. The largest absolute Gasteiger partial charge is 0.298 e. The zero-order valence-corrected chi connectivity index (χ0v) is 11.3. The van der Waals surface area contributed by atoms with E-state index in [4.69, 9.17) is 0 Å². The topological polar surface area (TPSA) is 6.48 Å². The molecule has 0 amide bonds. The van der Waals surface area contributed by atoms with Crippen LogP contribution in [0.15, 0.2) is 0 Å². The number of fused-ring (bicyclic) bond motifs is 1. The zero-order valence-electron chi connectivity index (χ0n) is 11.3. The lowest BCUT2D eigenvalue weighted by Gasteiger charge is -2.47. The van der Waals surface area contributed by atoms with Gasteiger partial charge in [-0.15, -0.1) is 0 Å². The predicted molar refractivity (Wildman–Crippen MR) is 69.7 cm³/mol. The van der Waals surface area contributed by atoms with E-state index in [-0.39, 0.29) is 0 Å². The Labute approximate surface area is 101 Å². The third kappa shape index (κ3) is 2.60. The van der Waals surface area contributed by atoms with Crippen LogP contribution in [-0.2, 0) is 0 Å². The van der Waals surface area contributed by atoms with Crippen molar-refractivity contribution in [2.75, 3.05) is 26.2 Å². The van der Waals surface area contributed by atoms with Crippen LogP contribution in [0.3, 0.4) is 0 Å². The van der Waals surface area contributed by atoms with Crippen molar-refractivity contribution in [1.82, 2.24) is 9.80 Å². The van der Waals surface area contributed by atoms with Crippen molar-refractivity contribution in [2.45, 2.75) is 58.5 Å². The minimum atomic E-state index is 0.806. The molecule has 0 bridgehead atoms. The Morgan fingerprint density at radius 3 is 2.62 bits per heavy atom. The third-order valence-corrected chi connectivity index (χ3v) is 4.53. The van der Waals surface area contributed by atoms with Crippen LogP contribution in [0, 0.1) is 5.92 Å². The molecule has 0 aromatic rings. The highest BCUT2D eigenvalue weighted by Gasteiger charge is 2.32. The second-order valence-corrected chi connectivity index (χ2v) is 5.90. The first-order chi connectivity index (χ1) is 7.72. The van der Waals surface area contributed by atoms with E-state index in [0.29, 0.717) is 0 Å². The number of hydrogen-bond acceptors (Lipinski definition) is 2. The number of hydrogen-bond donors (Lipinski definition) is 0. The molecule has 2 heteroatoms. The average molecular weight is 224 g/mol. The van der Waals surface area contributed by atoms with Gasteiger partial charge in [-0.2, -0.15) is 0 Å². The van der Waals surface area contributed by atoms with Crippen LogP contribution in [0.2, 0.25) is 0 Å². The minimum Gasteiger partial charge on any atom is -0.298 e. The molecule has 0 aromatic heterocycles. The molecule has 0 N–H and O–H groups in total. The van der Waals surface area contributed by atoms with Gasteiger partial charge in [-0.1, -0.05) is 27.2 Å². The van der Waals surface area contributed by atoms with E-state index in [0.717, 1.165) is 18.0 Å². The molecule has 2 rings (SSSR count). The SMILES string of the molecule is CCC(C(C)C)N1CCN2CCCCC2C1. The molecule has 2 saturated heterocycles. The summed E-state index contributed by atoms with van der Waals surface area (Å²) in [6.07, 6.45) is 5.63. The molecule has 2 fully saturated rings.